The highest BCUT2D eigenvalue weighted by Crippen LogP contribution is 2.32. The predicted molar refractivity (Wildman–Crippen MR) is 84.1 cm³/mol. The highest BCUT2D eigenvalue weighted by molar-refractivity contribution is 9.10. The van der Waals surface area contributed by atoms with Crippen LogP contribution in [0.5, 0.6) is 0 Å². The van der Waals surface area contributed by atoms with Crippen LogP contribution in [0.4, 0.5) is 0 Å². The van der Waals surface area contributed by atoms with E-state index in [1.807, 2.05) is 24.2 Å². The summed E-state index contributed by atoms with van der Waals surface area (Å²) in [6.07, 6.45) is 6.42. The van der Waals surface area contributed by atoms with Gasteiger partial charge in [0.05, 0.1) is 6.04 Å². The fourth-order valence-electron chi connectivity index (χ4n) is 3.05. The molecule has 1 amide bonds. The van der Waals surface area contributed by atoms with Gasteiger partial charge in [-0.2, -0.15) is 0 Å². The summed E-state index contributed by atoms with van der Waals surface area (Å²) in [6, 6.07) is 7.77. The van der Waals surface area contributed by atoms with Crippen molar-refractivity contribution in [3.63, 3.8) is 0 Å². The molecule has 112 valence electrons. The number of halogens is 1. The number of carbonyl (C=O) groups is 1. The Kier molecular flexibility index (Phi) is 4.19. The largest absolute Gasteiger partial charge is 0.444 e. The van der Waals surface area contributed by atoms with Crippen LogP contribution in [0.15, 0.2) is 39.5 Å². The van der Waals surface area contributed by atoms with Crippen LogP contribution in [0.3, 0.4) is 0 Å². The Morgan fingerprint density at radius 1 is 1.29 bits per heavy atom. The quantitative estimate of drug-likeness (QED) is 0.816. The normalized spacial score (nSPS) is 19.5. The maximum Gasteiger partial charge on any atom is 0.290 e. The molecular weight excluding hydrogens is 332 g/mol. The molecule has 1 unspecified atom stereocenters. The third-order valence-corrected chi connectivity index (χ3v) is 4.55. The molecule has 1 atom stereocenters. The molecule has 1 fully saturated rings. The first kappa shape index (κ1) is 14.4. The maximum absolute atomic E-state index is 12.8. The standard InChI is InChI=1S/C16H19BrN2O2/c1-18-10-5-7-12(18)13-6-3-2-4-11-19(13)16(20)14-8-9-15(17)21-14/h5,7-10,13H,2-4,6,11H2,1H3. The molecule has 2 aromatic heterocycles. The first-order valence-corrected chi connectivity index (χ1v) is 8.13. The van der Waals surface area contributed by atoms with Gasteiger partial charge in [-0.1, -0.05) is 12.8 Å². The summed E-state index contributed by atoms with van der Waals surface area (Å²) in [4.78, 5) is 14.8. The third kappa shape index (κ3) is 2.93. The predicted octanol–water partition coefficient (Wildman–Crippen LogP) is 4.14. The molecule has 1 saturated heterocycles. The van der Waals surface area contributed by atoms with E-state index in [2.05, 4.69) is 26.6 Å². The number of furan rings is 1. The Balaban J connectivity index is 1.92. The zero-order valence-corrected chi connectivity index (χ0v) is 13.7. The van der Waals surface area contributed by atoms with Crippen molar-refractivity contribution in [1.82, 2.24) is 9.47 Å². The molecule has 0 bridgehead atoms. The molecule has 21 heavy (non-hydrogen) atoms. The van der Waals surface area contributed by atoms with Crippen molar-refractivity contribution in [1.29, 1.82) is 0 Å². The van der Waals surface area contributed by atoms with Gasteiger partial charge in [0.15, 0.2) is 10.4 Å². The van der Waals surface area contributed by atoms with Gasteiger partial charge in [-0.25, -0.2) is 0 Å². The van der Waals surface area contributed by atoms with E-state index < -0.39 is 0 Å². The van der Waals surface area contributed by atoms with E-state index in [0.29, 0.717) is 10.4 Å². The lowest BCUT2D eigenvalue weighted by atomic mass is 10.1. The molecule has 4 nitrogen and oxygen atoms in total. The summed E-state index contributed by atoms with van der Waals surface area (Å²) >= 11 is 3.26. The van der Waals surface area contributed by atoms with E-state index in [0.717, 1.165) is 25.8 Å². The van der Waals surface area contributed by atoms with Crippen molar-refractivity contribution in [2.24, 2.45) is 7.05 Å². The van der Waals surface area contributed by atoms with Crippen molar-refractivity contribution in [2.75, 3.05) is 6.54 Å². The van der Waals surface area contributed by atoms with Crippen LogP contribution in [0, 0.1) is 0 Å². The minimum atomic E-state index is -0.0196. The molecule has 1 aliphatic heterocycles. The second kappa shape index (κ2) is 6.10. The van der Waals surface area contributed by atoms with Crippen molar-refractivity contribution >= 4 is 21.8 Å². The molecule has 2 aromatic rings. The smallest absolute Gasteiger partial charge is 0.290 e. The number of amides is 1. The zero-order valence-electron chi connectivity index (χ0n) is 12.1. The molecule has 5 heteroatoms. The number of aryl methyl sites for hydroxylation is 1. The summed E-state index contributed by atoms with van der Waals surface area (Å²) < 4.78 is 8.15. The molecule has 1 aliphatic rings. The Morgan fingerprint density at radius 2 is 2.14 bits per heavy atom. The molecular formula is C16H19BrN2O2. The van der Waals surface area contributed by atoms with Crippen LogP contribution in [-0.2, 0) is 7.05 Å². The van der Waals surface area contributed by atoms with Crippen LogP contribution < -0.4 is 0 Å². The van der Waals surface area contributed by atoms with E-state index in [1.54, 1.807) is 12.1 Å². The summed E-state index contributed by atoms with van der Waals surface area (Å²) in [5.41, 5.74) is 1.19. The molecule has 3 heterocycles. The number of aromatic nitrogens is 1. The fourth-order valence-corrected chi connectivity index (χ4v) is 3.36. The van der Waals surface area contributed by atoms with Gasteiger partial charge < -0.3 is 13.9 Å². The second-order valence-corrected chi connectivity index (χ2v) is 6.29. The van der Waals surface area contributed by atoms with E-state index in [9.17, 15) is 4.79 Å². The average molecular weight is 351 g/mol. The second-order valence-electron chi connectivity index (χ2n) is 5.51. The first-order valence-electron chi connectivity index (χ1n) is 7.34. The van der Waals surface area contributed by atoms with Crippen LogP contribution >= 0.6 is 15.9 Å². The lowest BCUT2D eigenvalue weighted by molar-refractivity contribution is 0.0640. The number of rotatable bonds is 2. The Hall–Kier alpha value is -1.49. The number of nitrogens with zero attached hydrogens (tertiary/aromatic N) is 2. The van der Waals surface area contributed by atoms with Crippen molar-refractivity contribution < 1.29 is 9.21 Å². The Morgan fingerprint density at radius 3 is 2.81 bits per heavy atom. The van der Waals surface area contributed by atoms with Gasteiger partial charge in [-0.3, -0.25) is 4.79 Å². The number of hydrogen-bond acceptors (Lipinski definition) is 2. The highest BCUT2D eigenvalue weighted by atomic mass is 79.9. The van der Waals surface area contributed by atoms with Crippen LogP contribution in [0.2, 0.25) is 0 Å². The van der Waals surface area contributed by atoms with E-state index in [-0.39, 0.29) is 11.9 Å². The summed E-state index contributed by atoms with van der Waals surface area (Å²) in [7, 11) is 2.03. The topological polar surface area (TPSA) is 38.4 Å². The van der Waals surface area contributed by atoms with Gasteiger partial charge in [0, 0.05) is 25.5 Å². The van der Waals surface area contributed by atoms with Gasteiger partial charge in [0.1, 0.15) is 0 Å². The lowest BCUT2D eigenvalue weighted by Crippen LogP contribution is -2.35. The van der Waals surface area contributed by atoms with Crippen molar-refractivity contribution in [2.45, 2.75) is 31.7 Å². The number of carbonyl (C=O) groups excluding carboxylic acids is 1. The van der Waals surface area contributed by atoms with Gasteiger partial charge >= 0.3 is 0 Å². The van der Waals surface area contributed by atoms with Gasteiger partial charge in [-0.05, 0) is 53.0 Å². The molecule has 0 aromatic carbocycles. The molecule has 0 N–H and O–H groups in total. The minimum absolute atomic E-state index is 0.0196. The SMILES string of the molecule is Cn1cccc1C1CCCCCN1C(=O)c1ccc(Br)o1. The Bertz CT molecular complexity index is 632. The van der Waals surface area contributed by atoms with E-state index in [1.165, 1.54) is 12.1 Å². The highest BCUT2D eigenvalue weighted by Gasteiger charge is 2.30. The molecule has 0 spiro atoms. The molecule has 0 saturated carbocycles. The monoisotopic (exact) mass is 350 g/mol. The zero-order chi connectivity index (χ0) is 14.8. The minimum Gasteiger partial charge on any atom is -0.444 e. The van der Waals surface area contributed by atoms with Crippen molar-refractivity contribution in [3.05, 3.63) is 46.6 Å². The first-order chi connectivity index (χ1) is 10.2. The average Bonchev–Trinajstić information content (AvgIpc) is 3.00. The summed E-state index contributed by atoms with van der Waals surface area (Å²) in [5, 5.41) is 0. The Labute approximate surface area is 132 Å². The van der Waals surface area contributed by atoms with E-state index >= 15 is 0 Å². The van der Waals surface area contributed by atoms with E-state index in [4.69, 9.17) is 4.42 Å². The summed E-state index contributed by atoms with van der Waals surface area (Å²) in [6.45, 7) is 0.785. The molecule has 0 radical (unpaired) electrons. The maximum atomic E-state index is 12.8. The summed E-state index contributed by atoms with van der Waals surface area (Å²) in [5.74, 6) is 0.386. The van der Waals surface area contributed by atoms with Crippen LogP contribution in [0.25, 0.3) is 0 Å². The number of likely N-dealkylation sites (tertiary alicyclic amines) is 1. The van der Waals surface area contributed by atoms with Crippen LogP contribution in [0.1, 0.15) is 48.0 Å². The van der Waals surface area contributed by atoms with Crippen LogP contribution in [-0.4, -0.2) is 21.9 Å². The molecule has 0 aliphatic carbocycles. The fraction of sp³-hybridized carbons (Fsp3) is 0.438. The number of hydrogen-bond donors (Lipinski definition) is 0. The lowest BCUT2D eigenvalue weighted by Gasteiger charge is -2.30. The van der Waals surface area contributed by atoms with Gasteiger partial charge in [0.2, 0.25) is 0 Å². The third-order valence-electron chi connectivity index (χ3n) is 4.12. The van der Waals surface area contributed by atoms with Gasteiger partial charge in [-0.15, -0.1) is 0 Å². The van der Waals surface area contributed by atoms with Crippen molar-refractivity contribution in [3.8, 4) is 0 Å². The van der Waals surface area contributed by atoms with Gasteiger partial charge in [0.25, 0.3) is 5.91 Å². The molecule has 3 rings (SSSR count).